The van der Waals surface area contributed by atoms with Gasteiger partial charge in [-0.2, -0.15) is 0 Å². The second-order valence-electron chi connectivity index (χ2n) is 5.04. The van der Waals surface area contributed by atoms with Gasteiger partial charge in [0.25, 0.3) is 0 Å². The summed E-state index contributed by atoms with van der Waals surface area (Å²) in [6.45, 7) is 0. The third-order valence-corrected chi connectivity index (χ3v) is 5.93. The summed E-state index contributed by atoms with van der Waals surface area (Å²) in [6.07, 6.45) is 11.3. The minimum absolute atomic E-state index is 0.00307. The highest BCUT2D eigenvalue weighted by molar-refractivity contribution is 6.43. The number of hydrogen-bond donors (Lipinski definition) is 0. The second-order valence-corrected chi connectivity index (χ2v) is 7.56. The molecule has 0 fully saturated rings. The van der Waals surface area contributed by atoms with E-state index in [1.54, 1.807) is 28.4 Å². The summed E-state index contributed by atoms with van der Waals surface area (Å²) < 4.78 is 20.7. The molecule has 0 spiro atoms. The van der Waals surface area contributed by atoms with Crippen LogP contribution in [0.15, 0.2) is 11.8 Å². The van der Waals surface area contributed by atoms with Gasteiger partial charge < -0.3 is 18.9 Å². The predicted molar refractivity (Wildman–Crippen MR) is 93.4 cm³/mol. The second kappa shape index (κ2) is 17.4. The lowest BCUT2D eigenvalue weighted by atomic mass is 10.1. The van der Waals surface area contributed by atoms with Gasteiger partial charge in [0.15, 0.2) is 0 Å². The Labute approximate surface area is 141 Å². The van der Waals surface area contributed by atoms with Crippen molar-refractivity contribution in [2.24, 2.45) is 0 Å². The number of methoxy groups -OCH3 is 4. The Morgan fingerprint density at radius 2 is 1.27 bits per heavy atom. The molecule has 6 heteroatoms. The van der Waals surface area contributed by atoms with Crippen LogP contribution in [0.5, 0.6) is 0 Å². The highest BCUT2D eigenvalue weighted by atomic mass is 28.2. The molecule has 0 bridgehead atoms. The molecule has 0 aromatic rings. The van der Waals surface area contributed by atoms with Crippen LogP contribution in [0.3, 0.4) is 0 Å². The first-order chi connectivity index (χ1) is 10.8. The Bertz CT molecular complexity index is 244. The highest BCUT2D eigenvalue weighted by Crippen LogP contribution is 2.09. The van der Waals surface area contributed by atoms with Crippen LogP contribution < -0.4 is 0 Å². The number of allylic oxidation sites excluding steroid dienone is 1. The molecule has 0 aromatic carbocycles. The maximum absolute atomic E-state index is 5.19. The van der Waals surface area contributed by atoms with E-state index >= 15 is 0 Å². The third-order valence-electron chi connectivity index (χ3n) is 3.32. The Balaban J connectivity index is 3.25. The quantitative estimate of drug-likeness (QED) is 0.245. The zero-order chi connectivity index (χ0) is 16.5. The minimum Gasteiger partial charge on any atom is -0.360 e. The van der Waals surface area contributed by atoms with Crippen molar-refractivity contribution in [2.45, 2.75) is 62.8 Å². The molecular weight excluding hydrogens is 312 g/mol. The fourth-order valence-corrected chi connectivity index (χ4v) is 3.79. The number of rotatable bonds is 16. The maximum atomic E-state index is 5.19. The lowest BCUT2D eigenvalue weighted by molar-refractivity contribution is -0.0441. The average Bonchev–Trinajstić information content (AvgIpc) is 2.55. The summed E-state index contributed by atoms with van der Waals surface area (Å²) in [6, 6.07) is 1.22. The van der Waals surface area contributed by atoms with E-state index in [9.17, 15) is 0 Å². The summed E-state index contributed by atoms with van der Waals surface area (Å²) in [5.41, 5.74) is 2.18. The van der Waals surface area contributed by atoms with E-state index in [0.29, 0.717) is 9.52 Å². The maximum Gasteiger partial charge on any atom is 0.147 e. The van der Waals surface area contributed by atoms with E-state index in [4.69, 9.17) is 18.9 Å². The zero-order valence-corrected chi connectivity index (χ0v) is 16.6. The van der Waals surface area contributed by atoms with Crippen molar-refractivity contribution in [3.8, 4) is 0 Å². The monoisotopic (exact) mass is 344 g/mol. The molecule has 4 radical (unpaired) electrons. The first kappa shape index (κ1) is 22.0. The first-order valence-electron chi connectivity index (χ1n) is 8.04. The van der Waals surface area contributed by atoms with Crippen LogP contribution in [-0.2, 0) is 18.9 Å². The summed E-state index contributed by atoms with van der Waals surface area (Å²) in [4.78, 5) is 0. The van der Waals surface area contributed by atoms with Gasteiger partial charge in [-0.1, -0.05) is 49.9 Å². The van der Waals surface area contributed by atoms with Gasteiger partial charge in [0.1, 0.15) is 30.9 Å². The molecule has 128 valence electrons. The fourth-order valence-electron chi connectivity index (χ4n) is 2.04. The standard InChI is InChI=1S/C16H32O4Si2/c1-17-15(18-2)21-13-11-9-7-5-6-8-10-12-14-22-16(19-3)20-4/h11,13,15-16H,5-10,12,14H2,1-4H3. The van der Waals surface area contributed by atoms with Crippen LogP contribution in [0, 0.1) is 0 Å². The van der Waals surface area contributed by atoms with Crippen molar-refractivity contribution in [1.82, 2.24) is 0 Å². The summed E-state index contributed by atoms with van der Waals surface area (Å²) >= 11 is 0. The molecule has 0 saturated heterocycles. The molecule has 0 aliphatic rings. The van der Waals surface area contributed by atoms with Crippen LogP contribution in [0.2, 0.25) is 6.04 Å². The molecule has 0 heterocycles. The van der Waals surface area contributed by atoms with Gasteiger partial charge in [-0.3, -0.25) is 0 Å². The Morgan fingerprint density at radius 1 is 0.727 bits per heavy atom. The molecule has 0 saturated carbocycles. The van der Waals surface area contributed by atoms with Gasteiger partial charge in [0, 0.05) is 28.4 Å². The number of ether oxygens (including phenoxy) is 4. The highest BCUT2D eigenvalue weighted by Gasteiger charge is 2.05. The van der Waals surface area contributed by atoms with E-state index < -0.39 is 0 Å². The van der Waals surface area contributed by atoms with Gasteiger partial charge >= 0.3 is 0 Å². The molecule has 22 heavy (non-hydrogen) atoms. The third kappa shape index (κ3) is 13.7. The fraction of sp³-hybridized carbons (Fsp3) is 0.875. The molecule has 4 nitrogen and oxygen atoms in total. The van der Waals surface area contributed by atoms with Crippen LogP contribution in [0.4, 0.5) is 0 Å². The lowest BCUT2D eigenvalue weighted by Crippen LogP contribution is -2.20. The van der Waals surface area contributed by atoms with Crippen molar-refractivity contribution in [1.29, 1.82) is 0 Å². The topological polar surface area (TPSA) is 36.9 Å². The minimum atomic E-state index is -0.0761. The SMILES string of the molecule is COC(OC)[Si]C=CCCCCCCCC[Si]C(OC)OC. The van der Waals surface area contributed by atoms with Crippen molar-refractivity contribution >= 4 is 19.0 Å². The van der Waals surface area contributed by atoms with Crippen molar-refractivity contribution < 1.29 is 18.9 Å². The van der Waals surface area contributed by atoms with E-state index in [1.165, 1.54) is 44.6 Å². The molecule has 0 unspecified atom stereocenters. The lowest BCUT2D eigenvalue weighted by Gasteiger charge is -2.11. The van der Waals surface area contributed by atoms with Crippen molar-refractivity contribution in [3.05, 3.63) is 11.8 Å². The Hall–Kier alpha value is 0.0138. The Kier molecular flexibility index (Phi) is 17.4. The first-order valence-corrected chi connectivity index (χ1v) is 10.5. The van der Waals surface area contributed by atoms with Crippen LogP contribution >= 0.6 is 0 Å². The molecule has 0 N–H and O–H groups in total. The van der Waals surface area contributed by atoms with Gasteiger partial charge in [-0.25, -0.2) is 0 Å². The molecule has 0 atom stereocenters. The molecule has 0 amide bonds. The van der Waals surface area contributed by atoms with Crippen LogP contribution in [0.25, 0.3) is 0 Å². The van der Waals surface area contributed by atoms with E-state index in [-0.39, 0.29) is 11.8 Å². The van der Waals surface area contributed by atoms with Gasteiger partial charge in [-0.15, -0.1) is 0 Å². The summed E-state index contributed by atoms with van der Waals surface area (Å²) in [5, 5.41) is 0. The van der Waals surface area contributed by atoms with Gasteiger partial charge in [0.05, 0.1) is 0 Å². The van der Waals surface area contributed by atoms with E-state index in [0.717, 1.165) is 15.9 Å². The normalized spacial score (nSPS) is 12.1. The smallest absolute Gasteiger partial charge is 0.147 e. The molecular formula is C16H32O4Si2. The zero-order valence-electron chi connectivity index (χ0n) is 14.6. The summed E-state index contributed by atoms with van der Waals surface area (Å²) in [7, 11) is 8.13. The van der Waals surface area contributed by atoms with Gasteiger partial charge in [0.2, 0.25) is 0 Å². The average molecular weight is 345 g/mol. The van der Waals surface area contributed by atoms with E-state index in [1.807, 2.05) is 0 Å². The van der Waals surface area contributed by atoms with Crippen LogP contribution in [-0.4, -0.2) is 59.3 Å². The number of hydrogen-bond acceptors (Lipinski definition) is 4. The summed E-state index contributed by atoms with van der Waals surface area (Å²) in [5.74, 6) is -0.0731. The van der Waals surface area contributed by atoms with Crippen molar-refractivity contribution in [3.63, 3.8) is 0 Å². The molecule has 0 aromatic heterocycles. The number of unbranched alkanes of at least 4 members (excludes halogenated alkanes) is 6. The predicted octanol–water partition coefficient (Wildman–Crippen LogP) is 3.21. The largest absolute Gasteiger partial charge is 0.360 e. The Morgan fingerprint density at radius 3 is 1.86 bits per heavy atom. The van der Waals surface area contributed by atoms with Gasteiger partial charge in [-0.05, 0) is 12.8 Å². The molecule has 0 rings (SSSR count). The molecule has 0 aliphatic carbocycles. The van der Waals surface area contributed by atoms with E-state index in [2.05, 4.69) is 11.8 Å². The van der Waals surface area contributed by atoms with Crippen molar-refractivity contribution in [2.75, 3.05) is 28.4 Å². The van der Waals surface area contributed by atoms with Crippen LogP contribution in [0.1, 0.15) is 44.9 Å². The molecule has 0 aliphatic heterocycles.